The molecule has 2 N–H and O–H groups in total. The molecule has 1 aromatic heterocycles. The van der Waals surface area contributed by atoms with Crippen LogP contribution in [0, 0.1) is 12.7 Å². The first-order chi connectivity index (χ1) is 14.5. The molecule has 1 unspecified atom stereocenters. The molecule has 3 rings (SSSR count). The number of benzene rings is 2. The Balaban J connectivity index is 1.92. The van der Waals surface area contributed by atoms with Gasteiger partial charge in [-0.05, 0) is 79.6 Å². The molecule has 0 aliphatic carbocycles. The van der Waals surface area contributed by atoms with Crippen LogP contribution in [0.15, 0.2) is 30.5 Å². The molecule has 0 aliphatic rings. The van der Waals surface area contributed by atoms with Gasteiger partial charge in [-0.2, -0.15) is 0 Å². The van der Waals surface area contributed by atoms with E-state index in [1.54, 1.807) is 20.1 Å². The summed E-state index contributed by atoms with van der Waals surface area (Å²) in [4.78, 5) is 14.6. The van der Waals surface area contributed by atoms with Gasteiger partial charge in [0.05, 0.1) is 19.8 Å². The van der Waals surface area contributed by atoms with E-state index in [9.17, 15) is 9.18 Å². The quantitative estimate of drug-likeness (QED) is 0.461. The van der Waals surface area contributed by atoms with E-state index in [0.29, 0.717) is 36.5 Å². The molecule has 1 heterocycles. The molecule has 0 saturated carbocycles. The van der Waals surface area contributed by atoms with E-state index in [4.69, 9.17) is 9.47 Å². The maximum atomic E-state index is 14.1. The van der Waals surface area contributed by atoms with Gasteiger partial charge in [-0.3, -0.25) is 4.79 Å². The summed E-state index contributed by atoms with van der Waals surface area (Å²) in [7, 11) is 1.62. The van der Waals surface area contributed by atoms with Crippen LogP contribution in [-0.4, -0.2) is 25.1 Å². The molecule has 0 bridgehead atoms. The predicted molar refractivity (Wildman–Crippen MR) is 117 cm³/mol. The molecule has 5 nitrogen and oxygen atoms in total. The SMILES string of the molecule is CCOc1cc(C(CCc2c[nH]c3cc(C)c(F)cc23)NC=O)c(CC)cc1OC. The third-order valence-corrected chi connectivity index (χ3v) is 5.50. The second-order valence-corrected chi connectivity index (χ2v) is 7.33. The van der Waals surface area contributed by atoms with Crippen LogP contribution in [-0.2, 0) is 17.6 Å². The number of carbonyl (C=O) groups is 1. The van der Waals surface area contributed by atoms with Gasteiger partial charge in [-0.15, -0.1) is 0 Å². The summed E-state index contributed by atoms with van der Waals surface area (Å²) in [5.41, 5.74) is 4.66. The lowest BCUT2D eigenvalue weighted by Gasteiger charge is -2.22. The van der Waals surface area contributed by atoms with Gasteiger partial charge in [0, 0.05) is 17.1 Å². The number of fused-ring (bicyclic) bond motifs is 1. The first kappa shape index (κ1) is 21.7. The monoisotopic (exact) mass is 412 g/mol. The van der Waals surface area contributed by atoms with E-state index in [-0.39, 0.29) is 11.9 Å². The van der Waals surface area contributed by atoms with E-state index in [2.05, 4.69) is 17.2 Å². The molecule has 0 radical (unpaired) electrons. The van der Waals surface area contributed by atoms with E-state index in [1.807, 2.05) is 31.3 Å². The highest BCUT2D eigenvalue weighted by Crippen LogP contribution is 2.35. The second kappa shape index (κ2) is 9.65. The van der Waals surface area contributed by atoms with Crippen LogP contribution < -0.4 is 14.8 Å². The van der Waals surface area contributed by atoms with Crippen molar-refractivity contribution in [3.05, 3.63) is 58.5 Å². The van der Waals surface area contributed by atoms with Gasteiger partial charge < -0.3 is 19.8 Å². The van der Waals surface area contributed by atoms with Crippen molar-refractivity contribution >= 4 is 17.3 Å². The lowest BCUT2D eigenvalue weighted by atomic mass is 9.93. The Labute approximate surface area is 176 Å². The molecular formula is C24H29FN2O3. The second-order valence-electron chi connectivity index (χ2n) is 7.33. The topological polar surface area (TPSA) is 63.3 Å². The fraction of sp³-hybridized carbons (Fsp3) is 0.375. The highest BCUT2D eigenvalue weighted by molar-refractivity contribution is 5.84. The summed E-state index contributed by atoms with van der Waals surface area (Å²) in [6.45, 7) is 6.27. The third-order valence-electron chi connectivity index (χ3n) is 5.50. The van der Waals surface area contributed by atoms with Crippen molar-refractivity contribution in [1.29, 1.82) is 0 Å². The number of halogens is 1. The van der Waals surface area contributed by atoms with Crippen molar-refractivity contribution in [2.75, 3.05) is 13.7 Å². The normalized spacial score (nSPS) is 12.0. The average Bonchev–Trinajstić information content (AvgIpc) is 3.13. The lowest BCUT2D eigenvalue weighted by Crippen LogP contribution is -2.21. The first-order valence-electron chi connectivity index (χ1n) is 10.3. The Morgan fingerprint density at radius 3 is 2.63 bits per heavy atom. The van der Waals surface area contributed by atoms with Gasteiger partial charge in [0.2, 0.25) is 6.41 Å². The predicted octanol–water partition coefficient (Wildman–Crippen LogP) is 5.01. The molecular weight excluding hydrogens is 383 g/mol. The maximum Gasteiger partial charge on any atom is 0.207 e. The zero-order valence-corrected chi connectivity index (χ0v) is 18.0. The largest absolute Gasteiger partial charge is 0.493 e. The minimum Gasteiger partial charge on any atom is -0.493 e. The number of rotatable bonds is 10. The highest BCUT2D eigenvalue weighted by Gasteiger charge is 2.19. The molecule has 1 atom stereocenters. The number of nitrogens with one attached hydrogen (secondary N) is 2. The number of aromatic amines is 1. The van der Waals surface area contributed by atoms with E-state index < -0.39 is 0 Å². The van der Waals surface area contributed by atoms with Crippen molar-refractivity contribution < 1.29 is 18.7 Å². The smallest absolute Gasteiger partial charge is 0.207 e. The Bertz CT molecular complexity index is 1030. The van der Waals surface area contributed by atoms with Crippen molar-refractivity contribution in [2.45, 2.75) is 46.1 Å². The van der Waals surface area contributed by atoms with Gasteiger partial charge in [0.1, 0.15) is 5.82 Å². The van der Waals surface area contributed by atoms with Gasteiger partial charge >= 0.3 is 0 Å². The zero-order chi connectivity index (χ0) is 21.7. The number of methoxy groups -OCH3 is 1. The Morgan fingerprint density at radius 2 is 1.97 bits per heavy atom. The summed E-state index contributed by atoms with van der Waals surface area (Å²) in [6, 6.07) is 7.14. The van der Waals surface area contributed by atoms with E-state index in [0.717, 1.165) is 40.4 Å². The summed E-state index contributed by atoms with van der Waals surface area (Å²) < 4.78 is 25.3. The van der Waals surface area contributed by atoms with E-state index in [1.165, 1.54) is 0 Å². The number of aromatic nitrogens is 1. The van der Waals surface area contributed by atoms with Crippen LogP contribution in [0.4, 0.5) is 4.39 Å². The number of hydrogen-bond acceptors (Lipinski definition) is 3. The lowest BCUT2D eigenvalue weighted by molar-refractivity contribution is -0.110. The van der Waals surface area contributed by atoms with Gasteiger partial charge in [0.25, 0.3) is 0 Å². The van der Waals surface area contributed by atoms with Crippen molar-refractivity contribution in [3.63, 3.8) is 0 Å². The molecule has 6 heteroatoms. The number of amides is 1. The number of hydrogen-bond donors (Lipinski definition) is 2. The van der Waals surface area contributed by atoms with Crippen molar-refractivity contribution in [2.24, 2.45) is 0 Å². The number of ether oxygens (including phenoxy) is 2. The summed E-state index contributed by atoms with van der Waals surface area (Å²) >= 11 is 0. The minimum absolute atomic E-state index is 0.192. The van der Waals surface area contributed by atoms with Crippen molar-refractivity contribution in [1.82, 2.24) is 10.3 Å². The highest BCUT2D eigenvalue weighted by atomic mass is 19.1. The fourth-order valence-corrected chi connectivity index (χ4v) is 3.90. The maximum absolute atomic E-state index is 14.1. The summed E-state index contributed by atoms with van der Waals surface area (Å²) in [6.07, 6.45) is 4.81. The number of carbonyl (C=O) groups excluding carboxylic acids is 1. The molecule has 1 amide bonds. The molecule has 0 saturated heterocycles. The van der Waals surface area contributed by atoms with Crippen LogP contribution in [0.3, 0.4) is 0 Å². The Morgan fingerprint density at radius 1 is 1.17 bits per heavy atom. The van der Waals surface area contributed by atoms with Crippen LogP contribution >= 0.6 is 0 Å². The van der Waals surface area contributed by atoms with Gasteiger partial charge in [-0.1, -0.05) is 6.92 Å². The summed E-state index contributed by atoms with van der Waals surface area (Å²) in [5, 5.41) is 3.83. The Hall–Kier alpha value is -3.02. The average molecular weight is 413 g/mol. The Kier molecular flexibility index (Phi) is 6.98. The molecule has 0 spiro atoms. The van der Waals surface area contributed by atoms with Crippen LogP contribution in [0.5, 0.6) is 11.5 Å². The van der Waals surface area contributed by atoms with Gasteiger partial charge in [-0.25, -0.2) is 4.39 Å². The zero-order valence-electron chi connectivity index (χ0n) is 18.0. The fourth-order valence-electron chi connectivity index (χ4n) is 3.90. The van der Waals surface area contributed by atoms with Crippen LogP contribution in [0.2, 0.25) is 0 Å². The molecule has 3 aromatic rings. The molecule has 0 fully saturated rings. The van der Waals surface area contributed by atoms with E-state index >= 15 is 0 Å². The first-order valence-corrected chi connectivity index (χ1v) is 10.3. The third kappa shape index (κ3) is 4.42. The minimum atomic E-state index is -0.212. The number of H-pyrrole nitrogens is 1. The number of aryl methyl sites for hydroxylation is 3. The van der Waals surface area contributed by atoms with Crippen LogP contribution in [0.25, 0.3) is 10.9 Å². The van der Waals surface area contributed by atoms with Gasteiger partial charge in [0.15, 0.2) is 11.5 Å². The molecule has 160 valence electrons. The molecule has 30 heavy (non-hydrogen) atoms. The summed E-state index contributed by atoms with van der Waals surface area (Å²) in [5.74, 6) is 1.13. The standard InChI is InChI=1S/C24H29FN2O3/c1-5-16-10-23(29-4)24(30-6-2)12-19(16)21(27-14-28)8-7-17-13-26-22-9-15(3)20(25)11-18(17)22/h9-14,21,26H,5-8H2,1-4H3,(H,27,28). The molecule has 0 aliphatic heterocycles. The van der Waals surface area contributed by atoms with Crippen molar-refractivity contribution in [3.8, 4) is 11.5 Å². The molecule has 2 aromatic carbocycles. The van der Waals surface area contributed by atoms with Crippen LogP contribution in [0.1, 0.15) is 48.6 Å².